The van der Waals surface area contributed by atoms with Crippen LogP contribution in [0.4, 0.5) is 4.79 Å². The van der Waals surface area contributed by atoms with Crippen molar-refractivity contribution in [1.29, 1.82) is 0 Å². The van der Waals surface area contributed by atoms with Crippen molar-refractivity contribution in [2.24, 2.45) is 0 Å². The predicted octanol–water partition coefficient (Wildman–Crippen LogP) is 1.36. The van der Waals surface area contributed by atoms with Crippen molar-refractivity contribution in [3.63, 3.8) is 0 Å². The second-order valence-corrected chi connectivity index (χ2v) is 8.14. The van der Waals surface area contributed by atoms with Crippen molar-refractivity contribution in [2.75, 3.05) is 19.6 Å². The summed E-state index contributed by atoms with van der Waals surface area (Å²) in [5.74, 6) is 0. The predicted molar refractivity (Wildman–Crippen MR) is 106 cm³/mol. The molecular formula is C20H28N4O4. The number of hydrogen-bond donors (Lipinski definition) is 2. The second-order valence-electron chi connectivity index (χ2n) is 8.14. The van der Waals surface area contributed by atoms with Gasteiger partial charge in [-0.3, -0.25) is 14.7 Å². The summed E-state index contributed by atoms with van der Waals surface area (Å²) in [6.07, 6.45) is 1.12. The van der Waals surface area contributed by atoms with Crippen LogP contribution in [0.1, 0.15) is 27.2 Å². The van der Waals surface area contributed by atoms with Crippen LogP contribution in [0.5, 0.6) is 0 Å². The average molecular weight is 388 g/mol. The lowest BCUT2D eigenvalue weighted by molar-refractivity contribution is 0.0194. The van der Waals surface area contributed by atoms with Crippen molar-refractivity contribution in [3.05, 3.63) is 40.8 Å². The quantitative estimate of drug-likeness (QED) is 0.821. The lowest BCUT2D eigenvalue weighted by Crippen LogP contribution is -2.55. The number of amides is 1. The number of hydrogen-bond acceptors (Lipinski definition) is 6. The molecule has 2 atom stereocenters. The minimum atomic E-state index is -0.688. The lowest BCUT2D eigenvalue weighted by Gasteiger charge is -2.36. The van der Waals surface area contributed by atoms with Crippen LogP contribution in [0, 0.1) is 0 Å². The molecule has 8 heteroatoms. The highest BCUT2D eigenvalue weighted by atomic mass is 16.6. The number of alkyl carbamates (subject to hydrolysis) is 1. The molecule has 1 amide bonds. The Morgan fingerprint density at radius 3 is 2.82 bits per heavy atom. The lowest BCUT2D eigenvalue weighted by atomic mass is 10.0. The molecule has 0 aliphatic carbocycles. The maximum Gasteiger partial charge on any atom is 0.407 e. The molecule has 28 heavy (non-hydrogen) atoms. The minimum absolute atomic E-state index is 0.0671. The van der Waals surface area contributed by atoms with Crippen molar-refractivity contribution in [1.82, 2.24) is 19.8 Å². The molecule has 2 N–H and O–H groups in total. The van der Waals surface area contributed by atoms with Crippen molar-refractivity contribution in [2.45, 2.75) is 51.5 Å². The number of fused-ring (bicyclic) bond motifs is 1. The fourth-order valence-corrected chi connectivity index (χ4v) is 3.42. The van der Waals surface area contributed by atoms with Crippen LogP contribution in [0.2, 0.25) is 0 Å². The highest BCUT2D eigenvalue weighted by molar-refractivity contribution is 5.73. The molecule has 1 aliphatic heterocycles. The topological polar surface area (TPSA) is 96.7 Å². The Labute approximate surface area is 164 Å². The van der Waals surface area contributed by atoms with Gasteiger partial charge in [-0.1, -0.05) is 0 Å². The average Bonchev–Trinajstić information content (AvgIpc) is 2.61. The Kier molecular flexibility index (Phi) is 6.00. The minimum Gasteiger partial charge on any atom is -0.444 e. The molecule has 0 radical (unpaired) electrons. The van der Waals surface area contributed by atoms with Gasteiger partial charge >= 0.3 is 6.09 Å². The number of aliphatic hydroxyl groups excluding tert-OH is 1. The number of nitrogens with one attached hydrogen (secondary N) is 1. The first-order valence-electron chi connectivity index (χ1n) is 9.57. The Bertz CT molecular complexity index is 890. The molecule has 1 saturated heterocycles. The maximum absolute atomic E-state index is 12.3. The third kappa shape index (κ3) is 5.08. The number of nitrogens with zero attached hydrogens (tertiary/aromatic N) is 3. The standard InChI is InChI=1S/C20H28N4O4/c1-20(2,3)28-19(27)22-15-8-10-23(13-17(15)25)11-12-24-16-5-4-9-21-14(16)6-7-18(24)26/h4-7,9,15,17,25H,8,10-13H2,1-3H3,(H,22,27)/t15-,17+/m0/s1. The molecular weight excluding hydrogens is 360 g/mol. The number of rotatable bonds is 4. The Balaban J connectivity index is 1.57. The fourth-order valence-electron chi connectivity index (χ4n) is 3.42. The Hall–Kier alpha value is -2.45. The summed E-state index contributed by atoms with van der Waals surface area (Å²) in [7, 11) is 0. The first-order chi connectivity index (χ1) is 13.2. The molecule has 0 aromatic carbocycles. The van der Waals surface area contributed by atoms with Crippen LogP contribution in [0.3, 0.4) is 0 Å². The van der Waals surface area contributed by atoms with E-state index in [4.69, 9.17) is 4.74 Å². The van der Waals surface area contributed by atoms with Crippen LogP contribution in [-0.2, 0) is 11.3 Å². The zero-order chi connectivity index (χ0) is 20.3. The summed E-state index contributed by atoms with van der Waals surface area (Å²) < 4.78 is 6.96. The van der Waals surface area contributed by atoms with Gasteiger partial charge in [-0.2, -0.15) is 0 Å². The van der Waals surface area contributed by atoms with E-state index >= 15 is 0 Å². The zero-order valence-electron chi connectivity index (χ0n) is 16.6. The summed E-state index contributed by atoms with van der Waals surface area (Å²) in [5.41, 5.74) is 0.943. The number of aliphatic hydroxyl groups is 1. The van der Waals surface area contributed by atoms with E-state index in [1.54, 1.807) is 37.6 Å². The monoisotopic (exact) mass is 388 g/mol. The number of carbonyl (C=O) groups excluding carboxylic acids is 1. The molecule has 152 valence electrons. The van der Waals surface area contributed by atoms with Gasteiger partial charge in [0.15, 0.2) is 0 Å². The highest BCUT2D eigenvalue weighted by Crippen LogP contribution is 2.14. The molecule has 0 unspecified atom stereocenters. The van der Waals surface area contributed by atoms with Crippen molar-refractivity contribution >= 4 is 17.1 Å². The molecule has 1 fully saturated rings. The normalized spacial score (nSPS) is 20.9. The number of aromatic nitrogens is 2. The molecule has 0 saturated carbocycles. The molecule has 0 spiro atoms. The van der Waals surface area contributed by atoms with Gasteiger partial charge in [0.05, 0.1) is 23.2 Å². The van der Waals surface area contributed by atoms with Crippen LogP contribution < -0.4 is 10.9 Å². The first kappa shape index (κ1) is 20.3. The van der Waals surface area contributed by atoms with E-state index in [1.807, 2.05) is 12.1 Å². The molecule has 8 nitrogen and oxygen atoms in total. The van der Waals surface area contributed by atoms with Gasteiger partial charge in [0.1, 0.15) is 5.60 Å². The summed E-state index contributed by atoms with van der Waals surface area (Å²) >= 11 is 0. The van der Waals surface area contributed by atoms with E-state index in [1.165, 1.54) is 6.07 Å². The number of carbonyl (C=O) groups is 1. The first-order valence-corrected chi connectivity index (χ1v) is 9.57. The SMILES string of the molecule is CC(C)(C)OC(=O)N[C@H]1CCN(CCn2c(=O)ccc3ncccc32)C[C@H]1O. The molecule has 3 rings (SSSR count). The highest BCUT2D eigenvalue weighted by Gasteiger charge is 2.30. The van der Waals surface area contributed by atoms with E-state index in [-0.39, 0.29) is 11.6 Å². The number of likely N-dealkylation sites (tertiary alicyclic amines) is 1. The van der Waals surface area contributed by atoms with Gasteiger partial charge in [-0.05, 0) is 45.4 Å². The number of piperidine rings is 1. The summed E-state index contributed by atoms with van der Waals surface area (Å²) in [4.78, 5) is 30.6. The van der Waals surface area contributed by atoms with Gasteiger partial charge < -0.3 is 19.7 Å². The number of pyridine rings is 2. The van der Waals surface area contributed by atoms with E-state index in [0.717, 1.165) is 17.6 Å². The van der Waals surface area contributed by atoms with E-state index in [0.29, 0.717) is 26.1 Å². The molecule has 3 heterocycles. The molecule has 1 aliphatic rings. The Morgan fingerprint density at radius 1 is 1.32 bits per heavy atom. The van der Waals surface area contributed by atoms with Crippen LogP contribution >= 0.6 is 0 Å². The summed E-state index contributed by atoms with van der Waals surface area (Å²) in [5, 5.41) is 13.2. The molecule has 0 bridgehead atoms. The molecule has 2 aromatic heterocycles. The van der Waals surface area contributed by atoms with Gasteiger partial charge in [-0.25, -0.2) is 4.79 Å². The van der Waals surface area contributed by atoms with Gasteiger partial charge in [0, 0.05) is 38.4 Å². The van der Waals surface area contributed by atoms with Crippen molar-refractivity contribution < 1.29 is 14.6 Å². The van der Waals surface area contributed by atoms with Gasteiger partial charge in [0.2, 0.25) is 0 Å². The summed E-state index contributed by atoms with van der Waals surface area (Å²) in [6.45, 7) is 7.69. The van der Waals surface area contributed by atoms with E-state index < -0.39 is 17.8 Å². The molecule has 2 aromatic rings. The van der Waals surface area contributed by atoms with Crippen LogP contribution in [0.25, 0.3) is 11.0 Å². The van der Waals surface area contributed by atoms with Gasteiger partial charge in [-0.15, -0.1) is 0 Å². The number of β-amino-alcohol motifs (C(OH)–C–C–N with tert-alkyl or cyclic N) is 1. The second kappa shape index (κ2) is 8.28. The number of ether oxygens (including phenoxy) is 1. The third-order valence-corrected chi connectivity index (χ3v) is 4.76. The van der Waals surface area contributed by atoms with E-state index in [9.17, 15) is 14.7 Å². The van der Waals surface area contributed by atoms with Gasteiger partial charge in [0.25, 0.3) is 5.56 Å². The van der Waals surface area contributed by atoms with Crippen molar-refractivity contribution in [3.8, 4) is 0 Å². The fraction of sp³-hybridized carbons (Fsp3) is 0.550. The van der Waals surface area contributed by atoms with Crippen LogP contribution in [0.15, 0.2) is 35.3 Å². The third-order valence-electron chi connectivity index (χ3n) is 4.76. The maximum atomic E-state index is 12.3. The van der Waals surface area contributed by atoms with Crippen LogP contribution in [-0.4, -0.2) is 63.0 Å². The smallest absolute Gasteiger partial charge is 0.407 e. The zero-order valence-corrected chi connectivity index (χ0v) is 16.6. The Morgan fingerprint density at radius 2 is 2.11 bits per heavy atom. The van der Waals surface area contributed by atoms with E-state index in [2.05, 4.69) is 15.2 Å². The largest absolute Gasteiger partial charge is 0.444 e. The summed E-state index contributed by atoms with van der Waals surface area (Å²) in [6, 6.07) is 6.62.